The number of nitrogens with zero attached hydrogens (tertiary/aromatic N) is 3. The van der Waals surface area contributed by atoms with Gasteiger partial charge in [-0.15, -0.1) is 6.58 Å². The molecule has 1 atom stereocenters. The molecule has 0 radical (unpaired) electrons. The largest absolute Gasteiger partial charge is 0.359 e. The van der Waals surface area contributed by atoms with Crippen molar-refractivity contribution in [2.24, 2.45) is 0 Å². The van der Waals surface area contributed by atoms with E-state index in [1.54, 1.807) is 11.0 Å². The number of carbonyl (C=O) groups is 1. The molecule has 6 heteroatoms. The molecule has 1 amide bonds. The molecule has 1 aromatic carbocycles. The quantitative estimate of drug-likeness (QED) is 0.699. The van der Waals surface area contributed by atoms with Crippen LogP contribution < -0.4 is 5.32 Å². The Bertz CT molecular complexity index is 949. The fourth-order valence-electron chi connectivity index (χ4n) is 2.99. The van der Waals surface area contributed by atoms with Crippen LogP contribution >= 0.6 is 15.9 Å². The maximum atomic E-state index is 12.9. The molecule has 4 rings (SSSR count). The fraction of sp³-hybridized carbons (Fsp3) is 0.111. The third-order valence-electron chi connectivity index (χ3n) is 4.10. The number of nitrogens with one attached hydrogen (secondary N) is 1. The number of para-hydroxylation sites is 1. The van der Waals surface area contributed by atoms with Crippen LogP contribution in [0.3, 0.4) is 0 Å². The zero-order chi connectivity index (χ0) is 16.7. The van der Waals surface area contributed by atoms with Crippen molar-refractivity contribution in [3.8, 4) is 0 Å². The van der Waals surface area contributed by atoms with Gasteiger partial charge in [-0.1, -0.05) is 24.3 Å². The number of fused-ring (bicyclic) bond motifs is 2. The van der Waals surface area contributed by atoms with Crippen LogP contribution in [0.1, 0.15) is 22.2 Å². The number of imidazole rings is 1. The molecular formula is C18H15BrN4O. The van der Waals surface area contributed by atoms with Crippen LogP contribution in [0.25, 0.3) is 5.65 Å². The summed E-state index contributed by atoms with van der Waals surface area (Å²) in [6.45, 7) is 4.22. The van der Waals surface area contributed by atoms with E-state index < -0.39 is 0 Å². The topological polar surface area (TPSA) is 49.6 Å². The van der Waals surface area contributed by atoms with Gasteiger partial charge >= 0.3 is 0 Å². The first-order chi connectivity index (χ1) is 11.7. The number of hydrogen-bond acceptors (Lipinski definition) is 3. The van der Waals surface area contributed by atoms with Gasteiger partial charge in [0.05, 0.1) is 5.56 Å². The molecule has 0 unspecified atom stereocenters. The Hall–Kier alpha value is -2.60. The van der Waals surface area contributed by atoms with Crippen LogP contribution in [0.5, 0.6) is 0 Å². The number of anilines is 1. The van der Waals surface area contributed by atoms with Gasteiger partial charge in [-0.3, -0.25) is 9.20 Å². The molecule has 1 aliphatic rings. The van der Waals surface area contributed by atoms with Crippen LogP contribution in [-0.4, -0.2) is 26.7 Å². The van der Waals surface area contributed by atoms with Gasteiger partial charge in [0.15, 0.2) is 0 Å². The highest BCUT2D eigenvalue weighted by Crippen LogP contribution is 2.35. The van der Waals surface area contributed by atoms with Gasteiger partial charge in [0.25, 0.3) is 5.91 Å². The van der Waals surface area contributed by atoms with Gasteiger partial charge in [-0.05, 0) is 40.2 Å². The Morgan fingerprint density at radius 1 is 1.25 bits per heavy atom. The standard InChI is InChI=1S/C18H15BrN4O/c1-2-10-23-17(20-13-8-4-3-7-12(13)18(23)24)15-16(19)22-11-6-5-9-14(22)21-15/h2-9,11,17,20H,1,10H2/t17-/m1/s1. The number of amides is 1. The monoisotopic (exact) mass is 382 g/mol. The molecular weight excluding hydrogens is 368 g/mol. The predicted octanol–water partition coefficient (Wildman–Crippen LogP) is 3.85. The number of benzene rings is 1. The lowest BCUT2D eigenvalue weighted by Gasteiger charge is -2.36. The van der Waals surface area contributed by atoms with Crippen LogP contribution in [0, 0.1) is 0 Å². The van der Waals surface area contributed by atoms with Crippen LogP contribution in [0.2, 0.25) is 0 Å². The predicted molar refractivity (Wildman–Crippen MR) is 96.9 cm³/mol. The minimum Gasteiger partial charge on any atom is -0.359 e. The van der Waals surface area contributed by atoms with Crippen LogP contribution in [-0.2, 0) is 0 Å². The Morgan fingerprint density at radius 2 is 2.04 bits per heavy atom. The molecule has 1 aliphatic heterocycles. The minimum atomic E-state index is -0.361. The second-order valence-corrected chi connectivity index (χ2v) is 6.31. The Balaban J connectivity index is 1.87. The first kappa shape index (κ1) is 15.0. The summed E-state index contributed by atoms with van der Waals surface area (Å²) < 4.78 is 2.78. The molecule has 5 nitrogen and oxygen atoms in total. The molecule has 0 saturated carbocycles. The number of pyridine rings is 1. The number of halogens is 1. The van der Waals surface area contributed by atoms with E-state index in [9.17, 15) is 4.79 Å². The van der Waals surface area contributed by atoms with Gasteiger partial charge in [-0.2, -0.15) is 0 Å². The highest BCUT2D eigenvalue weighted by molar-refractivity contribution is 9.10. The molecule has 24 heavy (non-hydrogen) atoms. The van der Waals surface area contributed by atoms with Crippen LogP contribution in [0.15, 0.2) is 65.9 Å². The molecule has 0 aliphatic carbocycles. The van der Waals surface area contributed by atoms with Crippen molar-refractivity contribution in [2.45, 2.75) is 6.17 Å². The second kappa shape index (κ2) is 5.79. The first-order valence-corrected chi connectivity index (χ1v) is 8.40. The SMILES string of the molecule is C=CCN1C(=O)c2ccccc2N[C@H]1c1nc2ccccn2c1Br. The van der Waals surface area contributed by atoms with Gasteiger partial charge in [0.1, 0.15) is 22.1 Å². The van der Waals surface area contributed by atoms with Crippen molar-refractivity contribution in [2.75, 3.05) is 11.9 Å². The number of carbonyl (C=O) groups excluding carboxylic acids is 1. The number of aromatic nitrogens is 2. The van der Waals surface area contributed by atoms with Crippen molar-refractivity contribution in [1.29, 1.82) is 0 Å². The summed E-state index contributed by atoms with van der Waals surface area (Å²) in [4.78, 5) is 19.3. The highest BCUT2D eigenvalue weighted by atomic mass is 79.9. The third-order valence-corrected chi connectivity index (χ3v) is 4.89. The summed E-state index contributed by atoms with van der Waals surface area (Å²) in [7, 11) is 0. The van der Waals surface area contributed by atoms with E-state index in [1.165, 1.54) is 0 Å². The summed E-state index contributed by atoms with van der Waals surface area (Å²) in [6.07, 6.45) is 3.30. The lowest BCUT2D eigenvalue weighted by atomic mass is 10.1. The van der Waals surface area contributed by atoms with E-state index in [1.807, 2.05) is 53.1 Å². The summed E-state index contributed by atoms with van der Waals surface area (Å²) in [6, 6.07) is 13.3. The van der Waals surface area contributed by atoms with E-state index >= 15 is 0 Å². The summed E-state index contributed by atoms with van der Waals surface area (Å²) in [5.41, 5.74) is 3.07. The van der Waals surface area contributed by atoms with E-state index in [2.05, 4.69) is 27.8 Å². The molecule has 3 heterocycles. The Morgan fingerprint density at radius 3 is 2.83 bits per heavy atom. The molecule has 120 valence electrons. The maximum absolute atomic E-state index is 12.9. The zero-order valence-electron chi connectivity index (χ0n) is 12.8. The molecule has 3 aromatic rings. The average molecular weight is 383 g/mol. The molecule has 1 N–H and O–H groups in total. The van der Waals surface area contributed by atoms with Gasteiger partial charge in [0, 0.05) is 18.4 Å². The normalized spacial score (nSPS) is 16.8. The van der Waals surface area contributed by atoms with Gasteiger partial charge < -0.3 is 10.2 Å². The Labute approximate surface area is 147 Å². The smallest absolute Gasteiger partial charge is 0.258 e. The van der Waals surface area contributed by atoms with Crippen molar-refractivity contribution >= 4 is 33.2 Å². The summed E-state index contributed by atoms with van der Waals surface area (Å²) in [5, 5.41) is 3.43. The van der Waals surface area contributed by atoms with E-state index in [4.69, 9.17) is 4.98 Å². The lowest BCUT2D eigenvalue weighted by molar-refractivity contribution is 0.0704. The van der Waals surface area contributed by atoms with Gasteiger partial charge in [-0.25, -0.2) is 4.98 Å². The second-order valence-electron chi connectivity index (χ2n) is 5.56. The summed E-state index contributed by atoms with van der Waals surface area (Å²) in [5.74, 6) is -0.0294. The van der Waals surface area contributed by atoms with E-state index in [-0.39, 0.29) is 12.1 Å². The van der Waals surface area contributed by atoms with Gasteiger partial charge in [0.2, 0.25) is 0 Å². The molecule has 2 aromatic heterocycles. The summed E-state index contributed by atoms with van der Waals surface area (Å²) >= 11 is 3.62. The molecule has 0 saturated heterocycles. The maximum Gasteiger partial charge on any atom is 0.258 e. The minimum absolute atomic E-state index is 0.0294. The van der Waals surface area contributed by atoms with Crippen molar-refractivity contribution < 1.29 is 4.79 Å². The average Bonchev–Trinajstić information content (AvgIpc) is 2.94. The van der Waals surface area contributed by atoms with E-state index in [0.717, 1.165) is 21.6 Å². The molecule has 0 fully saturated rings. The van der Waals surface area contributed by atoms with Crippen molar-refractivity contribution in [3.05, 3.63) is 77.2 Å². The number of rotatable bonds is 3. The zero-order valence-corrected chi connectivity index (χ0v) is 14.4. The van der Waals surface area contributed by atoms with E-state index in [0.29, 0.717) is 12.1 Å². The third kappa shape index (κ3) is 2.22. The van der Waals surface area contributed by atoms with Crippen molar-refractivity contribution in [3.63, 3.8) is 0 Å². The Kier molecular flexibility index (Phi) is 3.61. The number of hydrogen-bond donors (Lipinski definition) is 1. The highest BCUT2D eigenvalue weighted by Gasteiger charge is 2.34. The molecule has 0 spiro atoms. The van der Waals surface area contributed by atoms with Crippen molar-refractivity contribution in [1.82, 2.24) is 14.3 Å². The first-order valence-electron chi connectivity index (χ1n) is 7.60. The lowest BCUT2D eigenvalue weighted by Crippen LogP contribution is -2.43. The van der Waals surface area contributed by atoms with Crippen LogP contribution in [0.4, 0.5) is 5.69 Å². The fourth-order valence-corrected chi connectivity index (χ4v) is 3.60. The molecule has 0 bridgehead atoms.